The lowest BCUT2D eigenvalue weighted by atomic mass is 10.1. The van der Waals surface area contributed by atoms with Crippen molar-refractivity contribution >= 4 is 5.97 Å². The molecule has 0 aromatic carbocycles. The molecule has 1 N–H and O–H groups in total. The standard InChI is InChI=1S/C12H18N2O2/c1-5-7(2)12-13-8(3)10(6-11(15)16)9(4)14-12/h7H,5-6H2,1-4H3,(H,15,16)/t7-/m1/s1. The topological polar surface area (TPSA) is 63.1 Å². The molecule has 0 aliphatic carbocycles. The van der Waals surface area contributed by atoms with Crippen LogP contribution in [0, 0.1) is 13.8 Å². The van der Waals surface area contributed by atoms with E-state index in [1.165, 1.54) is 0 Å². The number of carboxylic acid groups (broad SMARTS) is 1. The highest BCUT2D eigenvalue weighted by Crippen LogP contribution is 2.18. The molecule has 0 aliphatic heterocycles. The quantitative estimate of drug-likeness (QED) is 0.848. The van der Waals surface area contributed by atoms with Gasteiger partial charge in [0.1, 0.15) is 5.82 Å². The van der Waals surface area contributed by atoms with E-state index >= 15 is 0 Å². The largest absolute Gasteiger partial charge is 0.481 e. The third-order valence-corrected chi connectivity index (χ3v) is 2.82. The molecule has 0 aliphatic rings. The van der Waals surface area contributed by atoms with Gasteiger partial charge in [0, 0.05) is 22.9 Å². The van der Waals surface area contributed by atoms with Crippen molar-refractivity contribution in [2.45, 2.75) is 46.5 Å². The van der Waals surface area contributed by atoms with E-state index in [0.29, 0.717) is 5.92 Å². The molecule has 1 heterocycles. The Morgan fingerprint density at radius 1 is 1.31 bits per heavy atom. The summed E-state index contributed by atoms with van der Waals surface area (Å²) < 4.78 is 0. The highest BCUT2D eigenvalue weighted by Gasteiger charge is 2.14. The molecule has 1 aromatic heterocycles. The molecule has 16 heavy (non-hydrogen) atoms. The van der Waals surface area contributed by atoms with Crippen LogP contribution >= 0.6 is 0 Å². The Hall–Kier alpha value is -1.45. The maximum absolute atomic E-state index is 10.7. The minimum Gasteiger partial charge on any atom is -0.481 e. The lowest BCUT2D eigenvalue weighted by Gasteiger charge is -2.12. The van der Waals surface area contributed by atoms with Crippen LogP contribution in [-0.4, -0.2) is 21.0 Å². The van der Waals surface area contributed by atoms with Crippen LogP contribution in [-0.2, 0) is 11.2 Å². The molecule has 88 valence electrons. The summed E-state index contributed by atoms with van der Waals surface area (Å²) >= 11 is 0. The normalized spacial score (nSPS) is 12.5. The van der Waals surface area contributed by atoms with E-state index in [1.807, 2.05) is 13.8 Å². The number of hydrogen-bond donors (Lipinski definition) is 1. The van der Waals surface area contributed by atoms with Gasteiger partial charge >= 0.3 is 5.97 Å². The monoisotopic (exact) mass is 222 g/mol. The fraction of sp³-hybridized carbons (Fsp3) is 0.583. The molecule has 1 atom stereocenters. The first-order valence-electron chi connectivity index (χ1n) is 5.51. The van der Waals surface area contributed by atoms with Gasteiger partial charge in [0.15, 0.2) is 0 Å². The minimum atomic E-state index is -0.842. The fourth-order valence-corrected chi connectivity index (χ4v) is 1.58. The molecule has 0 amide bonds. The predicted molar refractivity (Wildman–Crippen MR) is 61.6 cm³/mol. The van der Waals surface area contributed by atoms with Crippen molar-refractivity contribution in [1.29, 1.82) is 0 Å². The van der Waals surface area contributed by atoms with Gasteiger partial charge in [-0.25, -0.2) is 9.97 Å². The highest BCUT2D eigenvalue weighted by molar-refractivity contribution is 5.70. The highest BCUT2D eigenvalue weighted by atomic mass is 16.4. The maximum Gasteiger partial charge on any atom is 0.307 e. The molecule has 4 heteroatoms. The third kappa shape index (κ3) is 2.78. The summed E-state index contributed by atoms with van der Waals surface area (Å²) in [6.45, 7) is 7.85. The number of aliphatic carboxylic acids is 1. The molecule has 0 saturated heterocycles. The summed E-state index contributed by atoms with van der Waals surface area (Å²) in [5, 5.41) is 8.78. The lowest BCUT2D eigenvalue weighted by molar-refractivity contribution is -0.136. The van der Waals surface area contributed by atoms with Gasteiger partial charge < -0.3 is 5.11 Å². The molecule has 1 rings (SSSR count). The molecule has 0 fully saturated rings. The third-order valence-electron chi connectivity index (χ3n) is 2.82. The molecular weight excluding hydrogens is 204 g/mol. The number of rotatable bonds is 4. The molecule has 0 bridgehead atoms. The first-order chi connectivity index (χ1) is 7.45. The predicted octanol–water partition coefficient (Wildman–Crippen LogP) is 2.23. The van der Waals surface area contributed by atoms with E-state index in [-0.39, 0.29) is 6.42 Å². The zero-order valence-corrected chi connectivity index (χ0v) is 10.2. The van der Waals surface area contributed by atoms with Gasteiger partial charge in [-0.1, -0.05) is 13.8 Å². The van der Waals surface area contributed by atoms with E-state index in [0.717, 1.165) is 29.2 Å². The van der Waals surface area contributed by atoms with Crippen molar-refractivity contribution < 1.29 is 9.90 Å². The number of hydrogen-bond acceptors (Lipinski definition) is 3. The molecule has 0 saturated carbocycles. The fourth-order valence-electron chi connectivity index (χ4n) is 1.58. The van der Waals surface area contributed by atoms with Crippen molar-refractivity contribution in [3.63, 3.8) is 0 Å². The molecule has 0 unspecified atom stereocenters. The maximum atomic E-state index is 10.7. The Balaban J connectivity index is 3.12. The van der Waals surface area contributed by atoms with Crippen molar-refractivity contribution in [1.82, 2.24) is 9.97 Å². The second-order valence-corrected chi connectivity index (χ2v) is 4.11. The number of aryl methyl sites for hydroxylation is 2. The van der Waals surface area contributed by atoms with Crippen molar-refractivity contribution in [2.24, 2.45) is 0 Å². The van der Waals surface area contributed by atoms with Crippen LogP contribution in [0.15, 0.2) is 0 Å². The summed E-state index contributed by atoms with van der Waals surface area (Å²) in [6.07, 6.45) is 0.982. The van der Waals surface area contributed by atoms with Gasteiger partial charge in [0.05, 0.1) is 6.42 Å². The van der Waals surface area contributed by atoms with Crippen LogP contribution in [0.3, 0.4) is 0 Å². The minimum absolute atomic E-state index is 0.00154. The van der Waals surface area contributed by atoms with Crippen LogP contribution in [0.2, 0.25) is 0 Å². The smallest absolute Gasteiger partial charge is 0.307 e. The first-order valence-corrected chi connectivity index (χ1v) is 5.51. The van der Waals surface area contributed by atoms with Crippen LogP contribution in [0.25, 0.3) is 0 Å². The Morgan fingerprint density at radius 2 is 1.81 bits per heavy atom. The summed E-state index contributed by atoms with van der Waals surface area (Å²) in [5.41, 5.74) is 2.30. The Bertz CT molecular complexity index is 379. The zero-order valence-electron chi connectivity index (χ0n) is 10.2. The van der Waals surface area contributed by atoms with E-state index < -0.39 is 5.97 Å². The second-order valence-electron chi connectivity index (χ2n) is 4.11. The van der Waals surface area contributed by atoms with Gasteiger partial charge in [-0.2, -0.15) is 0 Å². The van der Waals surface area contributed by atoms with Gasteiger partial charge in [0.2, 0.25) is 0 Å². The number of nitrogens with zero attached hydrogens (tertiary/aromatic N) is 2. The van der Waals surface area contributed by atoms with Crippen molar-refractivity contribution in [3.05, 3.63) is 22.8 Å². The Morgan fingerprint density at radius 3 is 2.19 bits per heavy atom. The summed E-state index contributed by atoms with van der Waals surface area (Å²) in [7, 11) is 0. The van der Waals surface area contributed by atoms with Crippen molar-refractivity contribution in [3.8, 4) is 0 Å². The first kappa shape index (κ1) is 12.6. The van der Waals surface area contributed by atoms with Crippen LogP contribution < -0.4 is 0 Å². The number of aromatic nitrogens is 2. The average Bonchev–Trinajstić information content (AvgIpc) is 2.21. The summed E-state index contributed by atoms with van der Waals surface area (Å²) in [5.74, 6) is 0.286. The van der Waals surface area contributed by atoms with E-state index in [1.54, 1.807) is 0 Å². The average molecular weight is 222 g/mol. The van der Waals surface area contributed by atoms with Gasteiger partial charge in [-0.3, -0.25) is 4.79 Å². The number of carboxylic acids is 1. The van der Waals surface area contributed by atoms with Gasteiger partial charge in [-0.15, -0.1) is 0 Å². The number of carbonyl (C=O) groups is 1. The lowest BCUT2D eigenvalue weighted by Crippen LogP contribution is -2.11. The van der Waals surface area contributed by atoms with E-state index in [9.17, 15) is 4.79 Å². The summed E-state index contributed by atoms with van der Waals surface area (Å²) in [4.78, 5) is 19.5. The zero-order chi connectivity index (χ0) is 12.3. The molecule has 4 nitrogen and oxygen atoms in total. The van der Waals surface area contributed by atoms with Gasteiger partial charge in [-0.05, 0) is 20.3 Å². The molecule has 1 aromatic rings. The SMILES string of the molecule is CC[C@@H](C)c1nc(C)c(CC(=O)O)c(C)n1. The van der Waals surface area contributed by atoms with Crippen LogP contribution in [0.4, 0.5) is 0 Å². The van der Waals surface area contributed by atoms with E-state index in [2.05, 4.69) is 23.8 Å². The van der Waals surface area contributed by atoms with Gasteiger partial charge in [0.25, 0.3) is 0 Å². The Labute approximate surface area is 95.7 Å². The van der Waals surface area contributed by atoms with E-state index in [4.69, 9.17) is 5.11 Å². The Kier molecular flexibility index (Phi) is 3.99. The molecule has 0 radical (unpaired) electrons. The summed E-state index contributed by atoms with van der Waals surface area (Å²) in [6, 6.07) is 0. The second kappa shape index (κ2) is 5.05. The van der Waals surface area contributed by atoms with Crippen molar-refractivity contribution in [2.75, 3.05) is 0 Å². The van der Waals surface area contributed by atoms with Crippen LogP contribution in [0.1, 0.15) is 49.0 Å². The molecule has 0 spiro atoms. The molecular formula is C12H18N2O2. The van der Waals surface area contributed by atoms with Crippen LogP contribution in [0.5, 0.6) is 0 Å².